The highest BCUT2D eigenvalue weighted by molar-refractivity contribution is 6.34. The van der Waals surface area contributed by atoms with Crippen molar-refractivity contribution in [3.63, 3.8) is 0 Å². The van der Waals surface area contributed by atoms with Gasteiger partial charge in [-0.3, -0.25) is 19.9 Å². The zero-order valence-corrected chi connectivity index (χ0v) is 11.9. The maximum atomic E-state index is 12.1. The Kier molecular flexibility index (Phi) is 4.49. The Hall–Kier alpha value is -2.47. The van der Waals surface area contributed by atoms with Crippen molar-refractivity contribution in [2.75, 3.05) is 0 Å². The minimum Gasteiger partial charge on any atom is -0.348 e. The SMILES string of the molecule is Cc1cnccc1CNC(=O)c1ccc([N+](=O)[O-])cc1Cl. The van der Waals surface area contributed by atoms with Crippen molar-refractivity contribution in [3.05, 3.63) is 68.5 Å². The van der Waals surface area contributed by atoms with Crippen molar-refractivity contribution in [1.82, 2.24) is 10.3 Å². The molecule has 0 radical (unpaired) electrons. The average molecular weight is 306 g/mol. The Morgan fingerprint density at radius 1 is 1.43 bits per heavy atom. The molecule has 0 aliphatic heterocycles. The molecule has 21 heavy (non-hydrogen) atoms. The fraction of sp³-hybridized carbons (Fsp3) is 0.143. The number of rotatable bonds is 4. The lowest BCUT2D eigenvalue weighted by Crippen LogP contribution is -2.23. The number of carbonyl (C=O) groups excluding carboxylic acids is 1. The fourth-order valence-electron chi connectivity index (χ4n) is 1.77. The molecule has 2 rings (SSSR count). The second-order valence-corrected chi connectivity index (χ2v) is 4.81. The second kappa shape index (κ2) is 6.32. The molecule has 0 atom stereocenters. The van der Waals surface area contributed by atoms with Gasteiger partial charge >= 0.3 is 0 Å². The molecule has 1 heterocycles. The van der Waals surface area contributed by atoms with Crippen LogP contribution in [0.1, 0.15) is 21.5 Å². The third-order valence-corrected chi connectivity index (χ3v) is 3.30. The van der Waals surface area contributed by atoms with Crippen molar-refractivity contribution in [3.8, 4) is 0 Å². The normalized spacial score (nSPS) is 10.2. The van der Waals surface area contributed by atoms with Crippen molar-refractivity contribution >= 4 is 23.2 Å². The number of carbonyl (C=O) groups is 1. The molecule has 1 amide bonds. The number of aryl methyl sites for hydroxylation is 1. The van der Waals surface area contributed by atoms with Crippen LogP contribution in [0.15, 0.2) is 36.7 Å². The van der Waals surface area contributed by atoms with Gasteiger partial charge in [0, 0.05) is 31.1 Å². The number of non-ortho nitro benzene ring substituents is 1. The summed E-state index contributed by atoms with van der Waals surface area (Å²) in [6, 6.07) is 5.56. The monoisotopic (exact) mass is 305 g/mol. The number of hydrogen-bond donors (Lipinski definition) is 1. The Morgan fingerprint density at radius 2 is 2.19 bits per heavy atom. The third kappa shape index (κ3) is 3.55. The number of aromatic nitrogens is 1. The summed E-state index contributed by atoms with van der Waals surface area (Å²) in [5.41, 5.74) is 1.96. The largest absolute Gasteiger partial charge is 0.348 e. The molecule has 1 N–H and O–H groups in total. The van der Waals surface area contributed by atoms with E-state index in [9.17, 15) is 14.9 Å². The Labute approximate surface area is 125 Å². The first kappa shape index (κ1) is 14.9. The Balaban J connectivity index is 2.11. The van der Waals surface area contributed by atoms with Crippen LogP contribution in [0.25, 0.3) is 0 Å². The third-order valence-electron chi connectivity index (χ3n) is 2.98. The standard InChI is InChI=1S/C14H12ClN3O3/c1-9-7-16-5-4-10(9)8-17-14(19)12-3-2-11(18(20)21)6-13(12)15/h2-7H,8H2,1H3,(H,17,19). The minimum absolute atomic E-state index is 0.0492. The van der Waals surface area contributed by atoms with Gasteiger partial charge in [-0.15, -0.1) is 0 Å². The van der Waals surface area contributed by atoms with Gasteiger partial charge in [-0.25, -0.2) is 0 Å². The van der Waals surface area contributed by atoms with Gasteiger partial charge in [0.2, 0.25) is 0 Å². The highest BCUT2D eigenvalue weighted by atomic mass is 35.5. The molecule has 0 aliphatic rings. The van der Waals surface area contributed by atoms with E-state index in [0.29, 0.717) is 6.54 Å². The number of hydrogen-bond acceptors (Lipinski definition) is 4. The molecular weight excluding hydrogens is 294 g/mol. The van der Waals surface area contributed by atoms with E-state index < -0.39 is 4.92 Å². The number of benzene rings is 1. The lowest BCUT2D eigenvalue weighted by atomic mass is 10.1. The van der Waals surface area contributed by atoms with E-state index in [-0.39, 0.29) is 22.2 Å². The van der Waals surface area contributed by atoms with E-state index in [0.717, 1.165) is 17.2 Å². The molecule has 0 saturated carbocycles. The van der Waals surface area contributed by atoms with Gasteiger partial charge in [-0.1, -0.05) is 11.6 Å². The van der Waals surface area contributed by atoms with Gasteiger partial charge < -0.3 is 5.32 Å². The fourth-order valence-corrected chi connectivity index (χ4v) is 2.03. The lowest BCUT2D eigenvalue weighted by Gasteiger charge is -2.08. The first-order valence-corrected chi connectivity index (χ1v) is 6.48. The molecule has 6 nitrogen and oxygen atoms in total. The van der Waals surface area contributed by atoms with Gasteiger partial charge in [0.15, 0.2) is 0 Å². The van der Waals surface area contributed by atoms with Gasteiger partial charge in [-0.2, -0.15) is 0 Å². The first-order valence-electron chi connectivity index (χ1n) is 6.10. The van der Waals surface area contributed by atoms with E-state index in [1.165, 1.54) is 12.1 Å². The molecule has 7 heteroatoms. The minimum atomic E-state index is -0.562. The van der Waals surface area contributed by atoms with Gasteiger partial charge in [-0.05, 0) is 30.2 Å². The summed E-state index contributed by atoms with van der Waals surface area (Å²) < 4.78 is 0. The van der Waals surface area contributed by atoms with Crippen LogP contribution < -0.4 is 5.32 Å². The van der Waals surface area contributed by atoms with Crippen molar-refractivity contribution in [2.45, 2.75) is 13.5 Å². The van der Waals surface area contributed by atoms with Crippen LogP contribution in [0.3, 0.4) is 0 Å². The summed E-state index contributed by atoms with van der Waals surface area (Å²) >= 11 is 5.91. The quantitative estimate of drug-likeness (QED) is 0.695. The molecule has 2 aromatic rings. The summed E-state index contributed by atoms with van der Waals surface area (Å²) in [6.45, 7) is 2.23. The molecule has 0 aliphatic carbocycles. The first-order chi connectivity index (χ1) is 9.99. The average Bonchev–Trinajstić information content (AvgIpc) is 2.46. The molecule has 1 aromatic carbocycles. The van der Waals surface area contributed by atoms with Gasteiger partial charge in [0.05, 0.1) is 15.5 Å². The van der Waals surface area contributed by atoms with Crippen molar-refractivity contribution < 1.29 is 9.72 Å². The molecule has 0 unspecified atom stereocenters. The van der Waals surface area contributed by atoms with Crippen LogP contribution in [0.2, 0.25) is 5.02 Å². The maximum Gasteiger partial charge on any atom is 0.270 e. The van der Waals surface area contributed by atoms with Crippen LogP contribution in [-0.4, -0.2) is 15.8 Å². The zero-order valence-electron chi connectivity index (χ0n) is 11.2. The second-order valence-electron chi connectivity index (χ2n) is 4.41. The van der Waals surface area contributed by atoms with Gasteiger partial charge in [0.25, 0.3) is 11.6 Å². The molecule has 0 bridgehead atoms. The smallest absolute Gasteiger partial charge is 0.270 e. The molecule has 0 fully saturated rings. The van der Waals surface area contributed by atoms with E-state index >= 15 is 0 Å². The van der Waals surface area contributed by atoms with E-state index in [1.54, 1.807) is 12.4 Å². The number of amides is 1. The number of nitro groups is 1. The molecule has 108 valence electrons. The van der Waals surface area contributed by atoms with Crippen LogP contribution in [-0.2, 0) is 6.54 Å². The lowest BCUT2D eigenvalue weighted by molar-refractivity contribution is -0.384. The summed E-state index contributed by atoms with van der Waals surface area (Å²) in [5.74, 6) is -0.383. The molecule has 1 aromatic heterocycles. The summed E-state index contributed by atoms with van der Waals surface area (Å²) in [5, 5.41) is 13.4. The van der Waals surface area contributed by atoms with Crippen LogP contribution in [0.5, 0.6) is 0 Å². The van der Waals surface area contributed by atoms with Crippen molar-refractivity contribution in [2.24, 2.45) is 0 Å². The highest BCUT2D eigenvalue weighted by Gasteiger charge is 2.14. The molecule has 0 saturated heterocycles. The highest BCUT2D eigenvalue weighted by Crippen LogP contribution is 2.22. The predicted molar refractivity (Wildman–Crippen MR) is 78.3 cm³/mol. The topological polar surface area (TPSA) is 85.1 Å². The number of pyridine rings is 1. The van der Waals surface area contributed by atoms with E-state index in [1.807, 2.05) is 13.0 Å². The number of nitro benzene ring substituents is 1. The summed E-state index contributed by atoms with van der Waals surface area (Å²) in [7, 11) is 0. The van der Waals surface area contributed by atoms with Crippen molar-refractivity contribution in [1.29, 1.82) is 0 Å². The van der Waals surface area contributed by atoms with E-state index in [4.69, 9.17) is 11.6 Å². The summed E-state index contributed by atoms with van der Waals surface area (Å²) in [4.78, 5) is 26.1. The molecular formula is C14H12ClN3O3. The van der Waals surface area contributed by atoms with Crippen LogP contribution >= 0.6 is 11.6 Å². The number of halogens is 1. The zero-order chi connectivity index (χ0) is 15.4. The van der Waals surface area contributed by atoms with E-state index in [2.05, 4.69) is 10.3 Å². The Morgan fingerprint density at radius 3 is 2.81 bits per heavy atom. The predicted octanol–water partition coefficient (Wildman–Crippen LogP) is 2.88. The number of nitrogens with one attached hydrogen (secondary N) is 1. The van der Waals surface area contributed by atoms with Gasteiger partial charge in [0.1, 0.15) is 0 Å². The van der Waals surface area contributed by atoms with Crippen LogP contribution in [0, 0.1) is 17.0 Å². The van der Waals surface area contributed by atoms with Crippen LogP contribution in [0.4, 0.5) is 5.69 Å². The summed E-state index contributed by atoms with van der Waals surface area (Å²) in [6.07, 6.45) is 3.35. The Bertz CT molecular complexity index is 704. The molecule has 0 spiro atoms. The maximum absolute atomic E-state index is 12.1. The number of nitrogens with zero attached hydrogens (tertiary/aromatic N) is 2.